The molecule has 3 heteroatoms. The van der Waals surface area contributed by atoms with Crippen molar-refractivity contribution >= 4 is 5.97 Å². The second kappa shape index (κ2) is 4.34. The average molecular weight is 157 g/mol. The molecule has 0 aromatic carbocycles. The van der Waals surface area contributed by atoms with Crippen LogP contribution in [0.2, 0.25) is 0 Å². The molecule has 0 unspecified atom stereocenters. The number of carbonyl (C=O) groups is 1. The number of ether oxygens (including phenoxy) is 1. The lowest BCUT2D eigenvalue weighted by atomic mass is 10.3. The number of rotatable bonds is 5. The lowest BCUT2D eigenvalue weighted by molar-refractivity contribution is -0.139. The zero-order chi connectivity index (χ0) is 8.10. The lowest BCUT2D eigenvalue weighted by Crippen LogP contribution is -2.24. The molecule has 64 valence electrons. The summed E-state index contributed by atoms with van der Waals surface area (Å²) in [6, 6.07) is 0. The topological polar surface area (TPSA) is 38.3 Å². The van der Waals surface area contributed by atoms with E-state index < -0.39 is 0 Å². The SMILES string of the molecule is COC(=O)CNCCC1CC1. The van der Waals surface area contributed by atoms with E-state index in [4.69, 9.17) is 0 Å². The first-order valence-corrected chi connectivity index (χ1v) is 4.10. The molecule has 0 atom stereocenters. The molecule has 0 aliphatic heterocycles. The van der Waals surface area contributed by atoms with Gasteiger partial charge in [0.2, 0.25) is 0 Å². The molecule has 0 amide bonds. The van der Waals surface area contributed by atoms with Gasteiger partial charge in [0.05, 0.1) is 13.7 Å². The van der Waals surface area contributed by atoms with Crippen LogP contribution in [0.25, 0.3) is 0 Å². The molecule has 1 N–H and O–H groups in total. The summed E-state index contributed by atoms with van der Waals surface area (Å²) < 4.78 is 4.47. The van der Waals surface area contributed by atoms with Crippen LogP contribution >= 0.6 is 0 Å². The first kappa shape index (κ1) is 8.53. The Bertz CT molecular complexity index is 132. The van der Waals surface area contributed by atoms with E-state index in [1.54, 1.807) is 0 Å². The Morgan fingerprint density at radius 1 is 1.64 bits per heavy atom. The van der Waals surface area contributed by atoms with E-state index in [9.17, 15) is 4.79 Å². The van der Waals surface area contributed by atoms with E-state index in [-0.39, 0.29) is 5.97 Å². The van der Waals surface area contributed by atoms with E-state index in [1.807, 2.05) is 0 Å². The highest BCUT2D eigenvalue weighted by molar-refractivity contribution is 5.71. The molecule has 1 fully saturated rings. The van der Waals surface area contributed by atoms with E-state index in [1.165, 1.54) is 26.4 Å². The highest BCUT2D eigenvalue weighted by Gasteiger charge is 2.19. The van der Waals surface area contributed by atoms with Gasteiger partial charge in [-0.2, -0.15) is 0 Å². The molecule has 1 aliphatic carbocycles. The second-order valence-corrected chi connectivity index (χ2v) is 2.98. The molecule has 3 nitrogen and oxygen atoms in total. The van der Waals surface area contributed by atoms with Crippen LogP contribution in [0.3, 0.4) is 0 Å². The maximum absolute atomic E-state index is 10.6. The van der Waals surface area contributed by atoms with Crippen LogP contribution < -0.4 is 5.32 Å². The fraction of sp³-hybridized carbons (Fsp3) is 0.875. The number of hydrogen-bond donors (Lipinski definition) is 1. The Kier molecular flexibility index (Phi) is 3.36. The third-order valence-corrected chi connectivity index (χ3v) is 1.92. The monoisotopic (exact) mass is 157 g/mol. The van der Waals surface area contributed by atoms with Gasteiger partial charge in [-0.15, -0.1) is 0 Å². The van der Waals surface area contributed by atoms with Crippen LogP contribution in [-0.4, -0.2) is 26.2 Å². The summed E-state index contributed by atoms with van der Waals surface area (Å²) in [7, 11) is 1.41. The smallest absolute Gasteiger partial charge is 0.319 e. The molecule has 1 saturated carbocycles. The second-order valence-electron chi connectivity index (χ2n) is 2.98. The van der Waals surface area contributed by atoms with Crippen molar-refractivity contribution in [2.75, 3.05) is 20.2 Å². The Labute approximate surface area is 67.1 Å². The van der Waals surface area contributed by atoms with Gasteiger partial charge in [0, 0.05) is 0 Å². The lowest BCUT2D eigenvalue weighted by Gasteiger charge is -2.01. The van der Waals surface area contributed by atoms with Crippen molar-refractivity contribution in [1.29, 1.82) is 0 Å². The minimum Gasteiger partial charge on any atom is -0.468 e. The van der Waals surface area contributed by atoms with E-state index in [2.05, 4.69) is 10.1 Å². The minimum atomic E-state index is -0.180. The maximum atomic E-state index is 10.6. The van der Waals surface area contributed by atoms with Gasteiger partial charge in [-0.05, 0) is 18.9 Å². The van der Waals surface area contributed by atoms with Gasteiger partial charge in [-0.3, -0.25) is 4.79 Å². The van der Waals surface area contributed by atoms with Crippen molar-refractivity contribution in [2.24, 2.45) is 5.92 Å². The Morgan fingerprint density at radius 2 is 2.36 bits per heavy atom. The first-order valence-electron chi connectivity index (χ1n) is 4.10. The van der Waals surface area contributed by atoms with Crippen molar-refractivity contribution in [2.45, 2.75) is 19.3 Å². The molecule has 0 aromatic heterocycles. The molecule has 0 bridgehead atoms. The van der Waals surface area contributed by atoms with Crippen LogP contribution in [0.15, 0.2) is 0 Å². The zero-order valence-corrected chi connectivity index (χ0v) is 6.93. The number of methoxy groups -OCH3 is 1. The van der Waals surface area contributed by atoms with Gasteiger partial charge in [0.15, 0.2) is 0 Å². The molecule has 11 heavy (non-hydrogen) atoms. The van der Waals surface area contributed by atoms with Crippen LogP contribution in [-0.2, 0) is 9.53 Å². The third-order valence-electron chi connectivity index (χ3n) is 1.92. The molecule has 1 aliphatic rings. The third kappa shape index (κ3) is 3.98. The van der Waals surface area contributed by atoms with E-state index >= 15 is 0 Å². The molecule has 0 saturated heterocycles. The number of esters is 1. The van der Waals surface area contributed by atoms with Gasteiger partial charge in [0.1, 0.15) is 0 Å². The zero-order valence-electron chi connectivity index (χ0n) is 6.93. The fourth-order valence-electron chi connectivity index (χ4n) is 0.975. The first-order chi connectivity index (χ1) is 5.33. The predicted molar refractivity (Wildman–Crippen MR) is 42.2 cm³/mol. The van der Waals surface area contributed by atoms with E-state index in [0.717, 1.165) is 12.5 Å². The minimum absolute atomic E-state index is 0.180. The van der Waals surface area contributed by atoms with Crippen molar-refractivity contribution in [3.8, 4) is 0 Å². The van der Waals surface area contributed by atoms with Crippen LogP contribution in [0.4, 0.5) is 0 Å². The number of hydrogen-bond acceptors (Lipinski definition) is 3. The van der Waals surface area contributed by atoms with Gasteiger partial charge >= 0.3 is 5.97 Å². The van der Waals surface area contributed by atoms with Crippen molar-refractivity contribution in [1.82, 2.24) is 5.32 Å². The standard InChI is InChI=1S/C8H15NO2/c1-11-8(10)6-9-5-4-7-2-3-7/h7,9H,2-6H2,1H3. The summed E-state index contributed by atoms with van der Waals surface area (Å²) in [5.74, 6) is 0.751. The highest BCUT2D eigenvalue weighted by Crippen LogP contribution is 2.31. The number of nitrogens with one attached hydrogen (secondary N) is 1. The molecular weight excluding hydrogens is 142 g/mol. The van der Waals surface area contributed by atoms with Gasteiger partial charge in [-0.25, -0.2) is 0 Å². The Hall–Kier alpha value is -0.570. The molecular formula is C8H15NO2. The largest absolute Gasteiger partial charge is 0.468 e. The highest BCUT2D eigenvalue weighted by atomic mass is 16.5. The molecule has 1 rings (SSSR count). The fourth-order valence-corrected chi connectivity index (χ4v) is 0.975. The van der Waals surface area contributed by atoms with Crippen molar-refractivity contribution in [3.05, 3.63) is 0 Å². The summed E-state index contributed by atoms with van der Waals surface area (Å²) in [6.07, 6.45) is 3.96. The van der Waals surface area contributed by atoms with Gasteiger partial charge in [-0.1, -0.05) is 12.8 Å². The average Bonchev–Trinajstić information content (AvgIpc) is 2.81. The Balaban J connectivity index is 1.82. The van der Waals surface area contributed by atoms with Crippen LogP contribution in [0.1, 0.15) is 19.3 Å². The summed E-state index contributed by atoms with van der Waals surface area (Å²) in [5, 5.41) is 3.03. The summed E-state index contributed by atoms with van der Waals surface area (Å²) >= 11 is 0. The molecule has 0 spiro atoms. The van der Waals surface area contributed by atoms with Gasteiger partial charge < -0.3 is 10.1 Å². The Morgan fingerprint density at radius 3 is 2.91 bits per heavy atom. The van der Waals surface area contributed by atoms with Crippen LogP contribution in [0.5, 0.6) is 0 Å². The molecule has 0 heterocycles. The van der Waals surface area contributed by atoms with Crippen LogP contribution in [0, 0.1) is 5.92 Å². The van der Waals surface area contributed by atoms with Gasteiger partial charge in [0.25, 0.3) is 0 Å². The van der Waals surface area contributed by atoms with Crippen molar-refractivity contribution < 1.29 is 9.53 Å². The quantitative estimate of drug-likeness (QED) is 0.468. The molecule has 0 radical (unpaired) electrons. The van der Waals surface area contributed by atoms with E-state index in [0.29, 0.717) is 6.54 Å². The maximum Gasteiger partial charge on any atom is 0.319 e. The predicted octanol–water partition coefficient (Wildman–Crippen LogP) is 0.549. The summed E-state index contributed by atoms with van der Waals surface area (Å²) in [4.78, 5) is 10.6. The van der Waals surface area contributed by atoms with Crippen molar-refractivity contribution in [3.63, 3.8) is 0 Å². The summed E-state index contributed by atoms with van der Waals surface area (Å²) in [5.41, 5.74) is 0. The number of carbonyl (C=O) groups excluding carboxylic acids is 1. The normalized spacial score (nSPS) is 16.5. The molecule has 0 aromatic rings. The summed E-state index contributed by atoms with van der Waals surface area (Å²) in [6.45, 7) is 1.29.